The highest BCUT2D eigenvalue weighted by Crippen LogP contribution is 2.60. The molecule has 6 nitrogen and oxygen atoms in total. The summed E-state index contributed by atoms with van der Waals surface area (Å²) in [5.41, 5.74) is 3.65. The van der Waals surface area contributed by atoms with Crippen LogP contribution < -0.4 is 5.32 Å². The van der Waals surface area contributed by atoms with Gasteiger partial charge in [0.1, 0.15) is 0 Å². The summed E-state index contributed by atoms with van der Waals surface area (Å²) in [5.74, 6) is 1.37. The Hall–Kier alpha value is -2.50. The van der Waals surface area contributed by atoms with E-state index >= 15 is 0 Å². The minimum absolute atomic E-state index is 0.0330. The molecule has 0 aromatic carbocycles. The summed E-state index contributed by atoms with van der Waals surface area (Å²) in [6.45, 7) is 1.92. The van der Waals surface area contributed by atoms with Crippen molar-refractivity contribution in [3.63, 3.8) is 0 Å². The van der Waals surface area contributed by atoms with Gasteiger partial charge >= 0.3 is 0 Å². The quantitative estimate of drug-likeness (QED) is 0.738. The molecule has 3 N–H and O–H groups in total. The fraction of sp³-hybridized carbons (Fsp3) is 0.545. The number of fused-ring (bicyclic) bond motifs is 5. The zero-order valence-electron chi connectivity index (χ0n) is 16.2. The van der Waals surface area contributed by atoms with E-state index in [0.717, 1.165) is 67.5 Å². The van der Waals surface area contributed by atoms with Gasteiger partial charge < -0.3 is 15.5 Å². The molecule has 3 aliphatic carbocycles. The van der Waals surface area contributed by atoms with Crippen molar-refractivity contribution >= 4 is 11.6 Å². The van der Waals surface area contributed by atoms with Crippen LogP contribution in [0.4, 0.5) is 5.69 Å². The molecule has 0 radical (unpaired) electrons. The van der Waals surface area contributed by atoms with Gasteiger partial charge in [-0.1, -0.05) is 0 Å². The zero-order valence-corrected chi connectivity index (χ0v) is 16.2. The Bertz CT molecular complexity index is 877. The molecule has 148 valence electrons. The fourth-order valence-electron chi connectivity index (χ4n) is 5.64. The van der Waals surface area contributed by atoms with Gasteiger partial charge in [-0.25, -0.2) is 0 Å². The number of aromatic hydroxyl groups is 2. The highest BCUT2D eigenvalue weighted by molar-refractivity contribution is 5.92. The Morgan fingerprint density at radius 3 is 2.25 bits per heavy atom. The SMILES string of the molecule is Cc1ccc(NC(=O)C2CCC(n3c(O)c4c(c3O)[C@H]3CC[C@@H]4C3)CC2)cn1. The van der Waals surface area contributed by atoms with E-state index in [1.54, 1.807) is 10.8 Å². The lowest BCUT2D eigenvalue weighted by Gasteiger charge is -2.29. The molecule has 0 unspecified atom stereocenters. The van der Waals surface area contributed by atoms with Crippen LogP contribution in [-0.4, -0.2) is 25.7 Å². The highest BCUT2D eigenvalue weighted by atomic mass is 16.3. The van der Waals surface area contributed by atoms with Crippen molar-refractivity contribution in [2.24, 2.45) is 5.92 Å². The van der Waals surface area contributed by atoms with Crippen molar-refractivity contribution < 1.29 is 15.0 Å². The summed E-state index contributed by atoms with van der Waals surface area (Å²) in [5, 5.41) is 24.6. The van der Waals surface area contributed by atoms with Crippen LogP contribution in [-0.2, 0) is 4.79 Å². The second-order valence-corrected chi connectivity index (χ2v) is 8.73. The summed E-state index contributed by atoms with van der Waals surface area (Å²) >= 11 is 0. The van der Waals surface area contributed by atoms with Crippen LogP contribution in [0.1, 0.15) is 79.6 Å². The van der Waals surface area contributed by atoms with E-state index in [2.05, 4.69) is 10.3 Å². The van der Waals surface area contributed by atoms with E-state index in [4.69, 9.17) is 0 Å². The number of nitrogens with one attached hydrogen (secondary N) is 1. The van der Waals surface area contributed by atoms with Crippen LogP contribution in [0.2, 0.25) is 0 Å². The monoisotopic (exact) mass is 381 g/mol. The molecular formula is C22H27N3O3. The van der Waals surface area contributed by atoms with E-state index in [1.165, 1.54) is 0 Å². The number of hydrogen-bond acceptors (Lipinski definition) is 4. The first-order chi connectivity index (χ1) is 13.5. The maximum absolute atomic E-state index is 12.6. The highest BCUT2D eigenvalue weighted by Gasteiger charge is 2.45. The molecule has 2 saturated carbocycles. The Kier molecular flexibility index (Phi) is 4.11. The summed E-state index contributed by atoms with van der Waals surface area (Å²) in [6.07, 6.45) is 8.08. The average Bonchev–Trinajstić information content (AvgIpc) is 3.38. The summed E-state index contributed by atoms with van der Waals surface area (Å²) in [6, 6.07) is 3.82. The van der Waals surface area contributed by atoms with E-state index in [9.17, 15) is 15.0 Å². The van der Waals surface area contributed by atoms with Crippen molar-refractivity contribution in [2.45, 2.75) is 69.7 Å². The number of hydrogen-bond donors (Lipinski definition) is 3. The number of nitrogens with zero attached hydrogens (tertiary/aromatic N) is 2. The topological polar surface area (TPSA) is 87.4 Å². The molecule has 5 rings (SSSR count). The van der Waals surface area contributed by atoms with Crippen molar-refractivity contribution in [2.75, 3.05) is 5.32 Å². The smallest absolute Gasteiger partial charge is 0.227 e. The number of pyridine rings is 1. The first kappa shape index (κ1) is 17.6. The first-order valence-corrected chi connectivity index (χ1v) is 10.4. The number of anilines is 1. The number of carbonyl (C=O) groups excluding carboxylic acids is 1. The van der Waals surface area contributed by atoms with Gasteiger partial charge in [0.25, 0.3) is 0 Å². The zero-order chi connectivity index (χ0) is 19.4. The Morgan fingerprint density at radius 1 is 1.04 bits per heavy atom. The van der Waals surface area contributed by atoms with Gasteiger partial charge in [-0.15, -0.1) is 0 Å². The largest absolute Gasteiger partial charge is 0.494 e. The molecule has 28 heavy (non-hydrogen) atoms. The van der Waals surface area contributed by atoms with Crippen molar-refractivity contribution in [1.82, 2.24) is 9.55 Å². The third-order valence-electron chi connectivity index (χ3n) is 7.09. The normalized spacial score (nSPS) is 28.3. The molecular weight excluding hydrogens is 354 g/mol. The van der Waals surface area contributed by atoms with Crippen molar-refractivity contribution in [3.8, 4) is 11.8 Å². The average molecular weight is 381 g/mol. The molecule has 3 aliphatic rings. The second kappa shape index (κ2) is 6.54. The van der Waals surface area contributed by atoms with Gasteiger partial charge in [-0.05, 0) is 75.8 Å². The maximum Gasteiger partial charge on any atom is 0.227 e. The number of amides is 1. The predicted molar refractivity (Wildman–Crippen MR) is 106 cm³/mol. The van der Waals surface area contributed by atoms with Crippen LogP contribution in [0, 0.1) is 12.8 Å². The number of aromatic nitrogens is 2. The van der Waals surface area contributed by atoms with Crippen LogP contribution in [0.5, 0.6) is 11.8 Å². The van der Waals surface area contributed by atoms with Gasteiger partial charge in [0.2, 0.25) is 5.91 Å². The Balaban J connectivity index is 1.27. The fourth-order valence-corrected chi connectivity index (χ4v) is 5.64. The van der Waals surface area contributed by atoms with Gasteiger partial charge in [-0.3, -0.25) is 14.3 Å². The van der Waals surface area contributed by atoms with Crippen LogP contribution in [0.15, 0.2) is 18.3 Å². The number of carbonyl (C=O) groups is 1. The molecule has 2 fully saturated rings. The van der Waals surface area contributed by atoms with E-state index in [0.29, 0.717) is 11.8 Å². The Labute approximate surface area is 164 Å². The maximum atomic E-state index is 12.6. The summed E-state index contributed by atoms with van der Waals surface area (Å²) in [7, 11) is 0. The van der Waals surface area contributed by atoms with Gasteiger partial charge in [-0.2, -0.15) is 0 Å². The minimum atomic E-state index is -0.0413. The predicted octanol–water partition coefficient (Wildman–Crippen LogP) is 4.34. The lowest BCUT2D eigenvalue weighted by molar-refractivity contribution is -0.121. The molecule has 2 bridgehead atoms. The molecule has 1 amide bonds. The third kappa shape index (κ3) is 2.69. The molecule has 0 spiro atoms. The van der Waals surface area contributed by atoms with E-state index in [1.807, 2.05) is 19.1 Å². The second-order valence-electron chi connectivity index (χ2n) is 8.73. The molecule has 2 aromatic heterocycles. The molecule has 0 saturated heterocycles. The lowest BCUT2D eigenvalue weighted by atomic mass is 9.85. The molecule has 2 aromatic rings. The van der Waals surface area contributed by atoms with Gasteiger partial charge in [0.05, 0.1) is 11.9 Å². The van der Waals surface area contributed by atoms with Gasteiger partial charge in [0, 0.05) is 28.8 Å². The molecule has 6 heteroatoms. The van der Waals surface area contributed by atoms with Crippen LogP contribution in [0.25, 0.3) is 0 Å². The number of aryl methyl sites for hydroxylation is 1. The first-order valence-electron chi connectivity index (χ1n) is 10.4. The lowest BCUT2D eigenvalue weighted by Crippen LogP contribution is -2.28. The van der Waals surface area contributed by atoms with Crippen molar-refractivity contribution in [3.05, 3.63) is 35.2 Å². The molecule has 0 aliphatic heterocycles. The number of rotatable bonds is 3. The summed E-state index contributed by atoms with van der Waals surface area (Å²) in [4.78, 5) is 16.8. The van der Waals surface area contributed by atoms with Crippen LogP contribution in [0.3, 0.4) is 0 Å². The van der Waals surface area contributed by atoms with Crippen molar-refractivity contribution in [1.29, 1.82) is 0 Å². The minimum Gasteiger partial charge on any atom is -0.494 e. The molecule has 2 heterocycles. The standard InChI is InChI=1S/C22H27N3O3/c1-12-2-7-16(11-23-12)24-20(26)13-5-8-17(9-6-13)25-21(27)18-14-3-4-15(10-14)19(18)22(25)28/h2,7,11,13-15,17,27-28H,3-6,8-10H2,1H3,(H,24,26)/t13?,14-,15+,17?. The van der Waals surface area contributed by atoms with Gasteiger partial charge in [0.15, 0.2) is 11.8 Å². The van der Waals surface area contributed by atoms with Crippen LogP contribution >= 0.6 is 0 Å². The Morgan fingerprint density at radius 2 is 1.68 bits per heavy atom. The third-order valence-corrected chi connectivity index (χ3v) is 7.09. The van der Waals surface area contributed by atoms with E-state index in [-0.39, 0.29) is 29.6 Å². The van der Waals surface area contributed by atoms with E-state index < -0.39 is 0 Å². The summed E-state index contributed by atoms with van der Waals surface area (Å²) < 4.78 is 1.76. The molecule has 2 atom stereocenters.